The SMILES string of the molecule is O=C(NCCN1CCCC1)c1csc(NC(=O)c2ccccc2F)n1. The molecule has 1 fully saturated rings. The summed E-state index contributed by atoms with van der Waals surface area (Å²) in [5, 5.41) is 7.17. The minimum absolute atomic E-state index is 0.0608. The van der Waals surface area contributed by atoms with Gasteiger partial charge in [-0.1, -0.05) is 12.1 Å². The van der Waals surface area contributed by atoms with Crippen molar-refractivity contribution in [2.45, 2.75) is 12.8 Å². The third-order valence-electron chi connectivity index (χ3n) is 3.99. The van der Waals surface area contributed by atoms with Crippen LogP contribution in [0.5, 0.6) is 0 Å². The monoisotopic (exact) mass is 362 g/mol. The van der Waals surface area contributed by atoms with E-state index in [4.69, 9.17) is 0 Å². The van der Waals surface area contributed by atoms with E-state index in [9.17, 15) is 14.0 Å². The Kier molecular flexibility index (Phi) is 5.72. The van der Waals surface area contributed by atoms with Gasteiger partial charge in [-0.2, -0.15) is 0 Å². The van der Waals surface area contributed by atoms with Gasteiger partial charge < -0.3 is 10.2 Å². The molecule has 0 atom stereocenters. The summed E-state index contributed by atoms with van der Waals surface area (Å²) in [5.41, 5.74) is 0.185. The molecule has 6 nitrogen and oxygen atoms in total. The van der Waals surface area contributed by atoms with Crippen LogP contribution in [-0.2, 0) is 0 Å². The van der Waals surface area contributed by atoms with Crippen molar-refractivity contribution in [1.82, 2.24) is 15.2 Å². The summed E-state index contributed by atoms with van der Waals surface area (Å²) < 4.78 is 13.6. The smallest absolute Gasteiger partial charge is 0.270 e. The van der Waals surface area contributed by atoms with Crippen molar-refractivity contribution in [3.05, 3.63) is 46.7 Å². The lowest BCUT2D eigenvalue weighted by molar-refractivity contribution is 0.0944. The van der Waals surface area contributed by atoms with E-state index in [0.717, 1.165) is 31.0 Å². The Hall–Kier alpha value is -2.32. The van der Waals surface area contributed by atoms with Crippen molar-refractivity contribution in [3.63, 3.8) is 0 Å². The van der Waals surface area contributed by atoms with E-state index in [1.54, 1.807) is 11.4 Å². The molecule has 0 aliphatic carbocycles. The van der Waals surface area contributed by atoms with Crippen LogP contribution >= 0.6 is 11.3 Å². The van der Waals surface area contributed by atoms with Crippen molar-refractivity contribution in [2.24, 2.45) is 0 Å². The number of hydrogen-bond acceptors (Lipinski definition) is 5. The van der Waals surface area contributed by atoms with Gasteiger partial charge in [-0.3, -0.25) is 14.9 Å². The molecule has 0 saturated carbocycles. The summed E-state index contributed by atoms with van der Waals surface area (Å²) in [5.74, 6) is -1.47. The van der Waals surface area contributed by atoms with Gasteiger partial charge in [-0.05, 0) is 38.1 Å². The Labute approximate surface area is 149 Å². The van der Waals surface area contributed by atoms with Gasteiger partial charge in [0, 0.05) is 18.5 Å². The molecule has 1 saturated heterocycles. The molecule has 0 radical (unpaired) electrons. The zero-order valence-corrected chi connectivity index (χ0v) is 14.4. The minimum atomic E-state index is -0.601. The number of aromatic nitrogens is 1. The molecular formula is C17H19FN4O2S. The highest BCUT2D eigenvalue weighted by Crippen LogP contribution is 2.17. The van der Waals surface area contributed by atoms with Crippen LogP contribution in [0, 0.1) is 5.82 Å². The molecule has 2 N–H and O–H groups in total. The maximum Gasteiger partial charge on any atom is 0.270 e. The predicted octanol–water partition coefficient (Wildman–Crippen LogP) is 2.36. The maximum atomic E-state index is 13.6. The molecule has 2 aromatic rings. The van der Waals surface area contributed by atoms with E-state index in [0.29, 0.717) is 6.54 Å². The van der Waals surface area contributed by atoms with Crippen LogP contribution in [0.15, 0.2) is 29.6 Å². The average molecular weight is 362 g/mol. The molecule has 3 rings (SSSR count). The lowest BCUT2D eigenvalue weighted by Gasteiger charge is -2.14. The second-order valence-corrected chi connectivity index (χ2v) is 6.63. The first-order valence-electron chi connectivity index (χ1n) is 8.15. The highest BCUT2D eigenvalue weighted by Gasteiger charge is 2.16. The summed E-state index contributed by atoms with van der Waals surface area (Å²) in [4.78, 5) is 30.5. The number of carbonyl (C=O) groups is 2. The van der Waals surface area contributed by atoms with Gasteiger partial charge in [0.15, 0.2) is 5.13 Å². The summed E-state index contributed by atoms with van der Waals surface area (Å²) in [7, 11) is 0. The molecule has 8 heteroatoms. The highest BCUT2D eigenvalue weighted by atomic mass is 32.1. The average Bonchev–Trinajstić information content (AvgIpc) is 3.27. The van der Waals surface area contributed by atoms with E-state index in [1.807, 2.05) is 0 Å². The first-order chi connectivity index (χ1) is 12.1. The number of anilines is 1. The standard InChI is InChI=1S/C17H19FN4O2S/c18-13-6-2-1-5-12(13)15(23)21-17-20-14(11-25-17)16(24)19-7-10-22-8-3-4-9-22/h1-2,5-6,11H,3-4,7-10H2,(H,19,24)(H,20,21,23). The molecule has 0 spiro atoms. The van der Waals surface area contributed by atoms with Crippen LogP contribution in [0.2, 0.25) is 0 Å². The number of likely N-dealkylation sites (tertiary alicyclic amines) is 1. The van der Waals surface area contributed by atoms with Gasteiger partial charge in [0.1, 0.15) is 11.5 Å². The van der Waals surface area contributed by atoms with Gasteiger partial charge in [0.25, 0.3) is 11.8 Å². The molecule has 1 aliphatic heterocycles. The quantitative estimate of drug-likeness (QED) is 0.827. The highest BCUT2D eigenvalue weighted by molar-refractivity contribution is 7.14. The van der Waals surface area contributed by atoms with Crippen molar-refractivity contribution in [3.8, 4) is 0 Å². The summed E-state index contributed by atoms with van der Waals surface area (Å²) in [6.45, 7) is 3.55. The van der Waals surface area contributed by atoms with Gasteiger partial charge in [0.05, 0.1) is 5.56 Å². The molecule has 0 bridgehead atoms. The zero-order chi connectivity index (χ0) is 17.6. The molecular weight excluding hydrogens is 343 g/mol. The van der Waals surface area contributed by atoms with E-state index in [-0.39, 0.29) is 22.3 Å². The fraction of sp³-hybridized carbons (Fsp3) is 0.353. The van der Waals surface area contributed by atoms with Gasteiger partial charge >= 0.3 is 0 Å². The number of carbonyl (C=O) groups excluding carboxylic acids is 2. The topological polar surface area (TPSA) is 74.3 Å². The second kappa shape index (κ2) is 8.17. The molecule has 2 heterocycles. The van der Waals surface area contributed by atoms with Crippen molar-refractivity contribution >= 4 is 28.3 Å². The number of nitrogens with one attached hydrogen (secondary N) is 2. The Bertz CT molecular complexity index is 759. The number of rotatable bonds is 6. The molecule has 2 amide bonds. The Morgan fingerprint density at radius 3 is 2.72 bits per heavy atom. The van der Waals surface area contributed by atoms with E-state index in [2.05, 4.69) is 20.5 Å². The largest absolute Gasteiger partial charge is 0.349 e. The van der Waals surface area contributed by atoms with Crippen molar-refractivity contribution < 1.29 is 14.0 Å². The normalized spacial score (nSPS) is 14.4. The second-order valence-electron chi connectivity index (χ2n) is 5.78. The minimum Gasteiger partial charge on any atom is -0.349 e. The summed E-state index contributed by atoms with van der Waals surface area (Å²) in [6, 6.07) is 5.71. The van der Waals surface area contributed by atoms with Crippen LogP contribution < -0.4 is 10.6 Å². The predicted molar refractivity (Wildman–Crippen MR) is 94.5 cm³/mol. The van der Waals surface area contributed by atoms with E-state index in [1.165, 1.54) is 31.0 Å². The number of hydrogen-bond donors (Lipinski definition) is 2. The van der Waals surface area contributed by atoms with Crippen LogP contribution in [0.4, 0.5) is 9.52 Å². The van der Waals surface area contributed by atoms with Crippen LogP contribution in [0.25, 0.3) is 0 Å². The van der Waals surface area contributed by atoms with Crippen molar-refractivity contribution in [2.75, 3.05) is 31.5 Å². The third kappa shape index (κ3) is 4.61. The molecule has 1 aromatic heterocycles. The molecule has 1 aromatic carbocycles. The van der Waals surface area contributed by atoms with Gasteiger partial charge in [-0.25, -0.2) is 9.37 Å². The summed E-state index contributed by atoms with van der Waals surface area (Å²) in [6.07, 6.45) is 2.43. The number of thiazole rings is 1. The fourth-order valence-corrected chi connectivity index (χ4v) is 3.36. The lowest BCUT2D eigenvalue weighted by Crippen LogP contribution is -2.33. The fourth-order valence-electron chi connectivity index (χ4n) is 2.67. The van der Waals surface area contributed by atoms with Crippen LogP contribution in [0.1, 0.15) is 33.7 Å². The van der Waals surface area contributed by atoms with E-state index >= 15 is 0 Å². The molecule has 0 unspecified atom stereocenters. The molecule has 1 aliphatic rings. The molecule has 25 heavy (non-hydrogen) atoms. The van der Waals surface area contributed by atoms with Crippen LogP contribution in [0.3, 0.4) is 0 Å². The van der Waals surface area contributed by atoms with Crippen molar-refractivity contribution in [1.29, 1.82) is 0 Å². The van der Waals surface area contributed by atoms with Gasteiger partial charge in [-0.15, -0.1) is 11.3 Å². The first kappa shape index (κ1) is 17.5. The van der Waals surface area contributed by atoms with Crippen LogP contribution in [-0.4, -0.2) is 47.9 Å². The third-order valence-corrected chi connectivity index (χ3v) is 4.75. The Morgan fingerprint density at radius 1 is 1.20 bits per heavy atom. The lowest BCUT2D eigenvalue weighted by atomic mass is 10.2. The maximum absolute atomic E-state index is 13.6. The number of nitrogens with zero attached hydrogens (tertiary/aromatic N) is 2. The number of amides is 2. The zero-order valence-electron chi connectivity index (χ0n) is 13.6. The number of halogens is 1. The Balaban J connectivity index is 1.52. The van der Waals surface area contributed by atoms with E-state index < -0.39 is 11.7 Å². The Morgan fingerprint density at radius 2 is 1.96 bits per heavy atom. The first-order valence-corrected chi connectivity index (χ1v) is 9.03. The summed E-state index contributed by atoms with van der Waals surface area (Å²) >= 11 is 1.13. The number of benzene rings is 1. The molecule has 132 valence electrons. The van der Waals surface area contributed by atoms with Gasteiger partial charge in [0.2, 0.25) is 0 Å².